The van der Waals surface area contributed by atoms with Crippen LogP contribution in [0.4, 0.5) is 0 Å². The number of hydrogen-bond donors (Lipinski definition) is 1. The topological polar surface area (TPSA) is 55.4 Å². The van der Waals surface area contributed by atoms with Gasteiger partial charge in [-0.05, 0) is 57.2 Å². The van der Waals surface area contributed by atoms with Gasteiger partial charge in [0.1, 0.15) is 0 Å². The molecule has 3 nitrogen and oxygen atoms in total. The fraction of sp³-hybridized carbons (Fsp3) is 0.474. The molecule has 1 saturated carbocycles. The second-order valence-corrected chi connectivity index (χ2v) is 6.33. The summed E-state index contributed by atoms with van der Waals surface area (Å²) in [7, 11) is 0. The summed E-state index contributed by atoms with van der Waals surface area (Å²) < 4.78 is 0. The van der Waals surface area contributed by atoms with E-state index in [1.165, 1.54) is 11.1 Å². The molecule has 0 bridgehead atoms. The van der Waals surface area contributed by atoms with E-state index in [9.17, 15) is 4.79 Å². The Morgan fingerprint density at radius 2 is 2.18 bits per heavy atom. The van der Waals surface area contributed by atoms with Crippen molar-refractivity contribution < 1.29 is 4.79 Å². The Morgan fingerprint density at radius 1 is 1.36 bits per heavy atom. The van der Waals surface area contributed by atoms with E-state index < -0.39 is 0 Å². The summed E-state index contributed by atoms with van der Waals surface area (Å²) in [5.41, 5.74) is 11.0. The Morgan fingerprint density at radius 3 is 2.91 bits per heavy atom. The molecule has 0 aromatic heterocycles. The molecule has 0 unspecified atom stereocenters. The molecule has 0 atom stereocenters. The minimum Gasteiger partial charge on any atom is -0.330 e. The van der Waals surface area contributed by atoms with Gasteiger partial charge in [0, 0.05) is 23.6 Å². The Bertz CT molecular complexity index is 639. The highest BCUT2D eigenvalue weighted by Crippen LogP contribution is 2.35. The van der Waals surface area contributed by atoms with Gasteiger partial charge in [0.2, 0.25) is 0 Å². The van der Waals surface area contributed by atoms with Crippen LogP contribution in [0.1, 0.15) is 42.4 Å². The summed E-state index contributed by atoms with van der Waals surface area (Å²) in [5.74, 6) is 0.526. The Balaban J connectivity index is 2.03. The monoisotopic (exact) mass is 296 g/mol. The van der Waals surface area contributed by atoms with E-state index in [2.05, 4.69) is 31.2 Å². The average molecular weight is 296 g/mol. The molecular weight excluding hydrogens is 272 g/mol. The Labute approximate surface area is 132 Å². The fourth-order valence-corrected chi connectivity index (χ4v) is 2.98. The van der Waals surface area contributed by atoms with Crippen molar-refractivity contribution >= 4 is 11.5 Å². The van der Waals surface area contributed by atoms with Crippen LogP contribution in [-0.2, 0) is 11.2 Å². The number of carbonyl (C=O) groups excluding carboxylic acids is 1. The van der Waals surface area contributed by atoms with Crippen molar-refractivity contribution in [2.45, 2.75) is 39.0 Å². The summed E-state index contributed by atoms with van der Waals surface area (Å²) in [6, 6.07) is 6.50. The van der Waals surface area contributed by atoms with Crippen LogP contribution in [0.25, 0.3) is 0 Å². The maximum Gasteiger partial charge on any atom is 0.167 e. The van der Waals surface area contributed by atoms with Crippen LogP contribution in [0.15, 0.2) is 34.8 Å². The van der Waals surface area contributed by atoms with Gasteiger partial charge < -0.3 is 5.73 Å². The van der Waals surface area contributed by atoms with Crippen LogP contribution < -0.4 is 5.73 Å². The van der Waals surface area contributed by atoms with Gasteiger partial charge in [-0.15, -0.1) is 0 Å². The number of allylic oxidation sites excluding steroid dienone is 2. The van der Waals surface area contributed by atoms with Gasteiger partial charge in [0.05, 0.1) is 5.71 Å². The van der Waals surface area contributed by atoms with Gasteiger partial charge in [0.15, 0.2) is 5.78 Å². The molecule has 0 aliphatic heterocycles. The molecule has 1 fully saturated rings. The highest BCUT2D eigenvalue weighted by Gasteiger charge is 2.34. The maximum absolute atomic E-state index is 12.7. The van der Waals surface area contributed by atoms with Gasteiger partial charge in [-0.1, -0.05) is 23.8 Å². The maximum atomic E-state index is 12.7. The number of Topliss-reactive ketones (excluding diaryl/α,β-unsaturated/α-hetero) is 1. The van der Waals surface area contributed by atoms with Crippen LogP contribution in [0.3, 0.4) is 0 Å². The number of ketones is 1. The molecule has 116 valence electrons. The highest BCUT2D eigenvalue weighted by molar-refractivity contribution is 6.30. The predicted octanol–water partition coefficient (Wildman–Crippen LogP) is 2.98. The van der Waals surface area contributed by atoms with Gasteiger partial charge in [0.25, 0.3) is 0 Å². The fourth-order valence-electron chi connectivity index (χ4n) is 2.98. The van der Waals surface area contributed by atoms with Crippen molar-refractivity contribution in [2.24, 2.45) is 16.6 Å². The minimum absolute atomic E-state index is 0.234. The van der Waals surface area contributed by atoms with Gasteiger partial charge >= 0.3 is 0 Å². The quantitative estimate of drug-likeness (QED) is 0.849. The van der Waals surface area contributed by atoms with Crippen molar-refractivity contribution in [2.75, 3.05) is 13.1 Å². The number of benzene rings is 1. The molecule has 22 heavy (non-hydrogen) atoms. The molecule has 2 N–H and O–H groups in total. The third-order valence-electron chi connectivity index (χ3n) is 4.38. The summed E-state index contributed by atoms with van der Waals surface area (Å²) in [4.78, 5) is 17.5. The number of aliphatic imine (C=N–C) groups is 1. The molecule has 0 radical (unpaired) electrons. The number of rotatable bonds is 5. The summed E-state index contributed by atoms with van der Waals surface area (Å²) in [6.07, 6.45) is 6.93. The normalized spacial score (nSPS) is 19.5. The SMILES string of the molecule is Cc1ccc2c(c1)C(=NCCCN)C(C(=O)C1CC1)=CCC2. The number of carbonyl (C=O) groups is 1. The lowest BCUT2D eigenvalue weighted by Crippen LogP contribution is -2.17. The van der Waals surface area contributed by atoms with Crippen molar-refractivity contribution in [1.29, 1.82) is 0 Å². The smallest absolute Gasteiger partial charge is 0.167 e. The lowest BCUT2D eigenvalue weighted by atomic mass is 9.93. The number of nitrogens with two attached hydrogens (primary N) is 1. The van der Waals surface area contributed by atoms with Crippen LogP contribution >= 0.6 is 0 Å². The van der Waals surface area contributed by atoms with E-state index in [4.69, 9.17) is 10.7 Å². The number of fused-ring (bicyclic) bond motifs is 1. The standard InChI is InChI=1S/C19H24N2O/c1-13-6-7-14-4-2-5-16(19(22)15-8-9-15)18(17(14)12-13)21-11-3-10-20/h5-7,12,15H,2-4,8-11,20H2,1H3. The molecule has 1 aromatic rings. The largest absolute Gasteiger partial charge is 0.330 e. The molecule has 0 saturated heterocycles. The zero-order valence-electron chi connectivity index (χ0n) is 13.3. The lowest BCUT2D eigenvalue weighted by Gasteiger charge is -2.13. The summed E-state index contributed by atoms with van der Waals surface area (Å²) in [6.45, 7) is 3.41. The van der Waals surface area contributed by atoms with E-state index >= 15 is 0 Å². The highest BCUT2D eigenvalue weighted by atomic mass is 16.1. The molecule has 0 amide bonds. The Kier molecular flexibility index (Phi) is 4.53. The number of aryl methyl sites for hydroxylation is 2. The molecule has 1 aromatic carbocycles. The first-order valence-electron chi connectivity index (χ1n) is 8.30. The van der Waals surface area contributed by atoms with Crippen LogP contribution in [0, 0.1) is 12.8 Å². The van der Waals surface area contributed by atoms with Gasteiger partial charge in [-0.2, -0.15) is 0 Å². The Hall–Kier alpha value is -1.74. The number of hydrogen-bond acceptors (Lipinski definition) is 3. The van der Waals surface area contributed by atoms with Crippen LogP contribution in [-0.4, -0.2) is 24.6 Å². The average Bonchev–Trinajstić information content (AvgIpc) is 3.34. The van der Waals surface area contributed by atoms with Crippen LogP contribution in [0.5, 0.6) is 0 Å². The molecule has 2 aliphatic rings. The van der Waals surface area contributed by atoms with Gasteiger partial charge in [-0.25, -0.2) is 0 Å². The van der Waals surface area contributed by atoms with Crippen LogP contribution in [0.2, 0.25) is 0 Å². The summed E-state index contributed by atoms with van der Waals surface area (Å²) >= 11 is 0. The zero-order valence-corrected chi connectivity index (χ0v) is 13.3. The first-order valence-corrected chi connectivity index (χ1v) is 8.30. The number of nitrogens with zero attached hydrogens (tertiary/aromatic N) is 1. The van der Waals surface area contributed by atoms with Crippen molar-refractivity contribution in [3.05, 3.63) is 46.5 Å². The zero-order chi connectivity index (χ0) is 15.5. The predicted molar refractivity (Wildman–Crippen MR) is 90.4 cm³/mol. The molecule has 2 aliphatic carbocycles. The summed E-state index contributed by atoms with van der Waals surface area (Å²) in [5, 5.41) is 0. The van der Waals surface area contributed by atoms with E-state index in [0.717, 1.165) is 49.0 Å². The first kappa shape index (κ1) is 15.2. The minimum atomic E-state index is 0.234. The van der Waals surface area contributed by atoms with Crippen molar-refractivity contribution in [3.63, 3.8) is 0 Å². The van der Waals surface area contributed by atoms with E-state index in [1.807, 2.05) is 0 Å². The molecule has 3 rings (SSSR count). The lowest BCUT2D eigenvalue weighted by molar-refractivity contribution is -0.116. The molecule has 0 spiro atoms. The van der Waals surface area contributed by atoms with E-state index in [-0.39, 0.29) is 5.92 Å². The van der Waals surface area contributed by atoms with E-state index in [0.29, 0.717) is 18.9 Å². The first-order chi connectivity index (χ1) is 10.7. The van der Waals surface area contributed by atoms with Gasteiger partial charge in [-0.3, -0.25) is 9.79 Å². The second-order valence-electron chi connectivity index (χ2n) is 6.33. The third kappa shape index (κ3) is 3.20. The van der Waals surface area contributed by atoms with E-state index in [1.54, 1.807) is 0 Å². The third-order valence-corrected chi connectivity index (χ3v) is 4.38. The van der Waals surface area contributed by atoms with Crippen molar-refractivity contribution in [3.8, 4) is 0 Å². The molecular formula is C19H24N2O. The molecule has 0 heterocycles. The second kappa shape index (κ2) is 6.57. The van der Waals surface area contributed by atoms with Crippen molar-refractivity contribution in [1.82, 2.24) is 0 Å². The molecule has 3 heteroatoms.